The second kappa shape index (κ2) is 15.9. The summed E-state index contributed by atoms with van der Waals surface area (Å²) in [5.41, 5.74) is 4.65. The number of unbranched alkanes of at least 4 members (excludes halogenated alkanes) is 4. The highest BCUT2D eigenvalue weighted by Crippen LogP contribution is 2.24. The topological polar surface area (TPSA) is 61.3 Å². The van der Waals surface area contributed by atoms with Crippen molar-refractivity contribution in [1.29, 1.82) is 0 Å². The number of benzene rings is 2. The smallest absolute Gasteiger partial charge is 0.338 e. The van der Waals surface area contributed by atoms with Gasteiger partial charge in [0.25, 0.3) is 0 Å². The molecule has 0 saturated carbocycles. The van der Waals surface area contributed by atoms with Crippen LogP contribution in [0.4, 0.5) is 4.39 Å². The van der Waals surface area contributed by atoms with Crippen LogP contribution in [0.5, 0.6) is 0 Å². The molecule has 0 aliphatic heterocycles. The van der Waals surface area contributed by atoms with Crippen LogP contribution in [0, 0.1) is 0 Å². The summed E-state index contributed by atoms with van der Waals surface area (Å²) in [6.45, 7) is 4.48. The van der Waals surface area contributed by atoms with E-state index in [1.165, 1.54) is 37.7 Å². The van der Waals surface area contributed by atoms with Gasteiger partial charge < -0.3 is 9.47 Å². The minimum atomic E-state index is -0.967. The van der Waals surface area contributed by atoms with Gasteiger partial charge in [0.2, 0.25) is 0 Å². The van der Waals surface area contributed by atoms with Crippen molar-refractivity contribution < 1.29 is 18.7 Å². The molecular formula is C31H39FN2O3. The van der Waals surface area contributed by atoms with E-state index in [0.29, 0.717) is 12.0 Å². The first kappa shape index (κ1) is 28.5. The van der Waals surface area contributed by atoms with Gasteiger partial charge in [-0.3, -0.25) is 0 Å². The number of alkyl halides is 1. The fraction of sp³-hybridized carbons (Fsp3) is 0.452. The standard InChI is InChI=1S/C31H39FN2O3/c1-3-5-6-7-8-10-24-21-33-30(34-22-24)27-15-11-25(12-16-27)26-13-17-28(18-14-26)31(35)37-20-19-36-23-29(32)9-4-2/h11-18,21-22,29H,3-10,19-20,23H2,1-2H3. The number of aromatic nitrogens is 2. The van der Waals surface area contributed by atoms with Crippen molar-refractivity contribution in [3.63, 3.8) is 0 Å². The molecule has 2 aromatic carbocycles. The van der Waals surface area contributed by atoms with Crippen molar-refractivity contribution in [2.45, 2.75) is 71.4 Å². The lowest BCUT2D eigenvalue weighted by molar-refractivity contribution is 0.0212. The molecule has 1 heterocycles. The van der Waals surface area contributed by atoms with Crippen LogP contribution in [0.25, 0.3) is 22.5 Å². The molecular weight excluding hydrogens is 467 g/mol. The zero-order chi connectivity index (χ0) is 26.3. The molecule has 37 heavy (non-hydrogen) atoms. The van der Waals surface area contributed by atoms with Crippen molar-refractivity contribution in [2.24, 2.45) is 0 Å². The Morgan fingerprint density at radius 2 is 1.43 bits per heavy atom. The minimum absolute atomic E-state index is 0.0372. The molecule has 0 aliphatic rings. The molecule has 3 rings (SSSR count). The number of carbonyl (C=O) groups excluding carboxylic acids is 1. The Bertz CT molecular complexity index is 1050. The molecule has 1 unspecified atom stereocenters. The molecule has 5 nitrogen and oxygen atoms in total. The number of esters is 1. The number of hydrogen-bond acceptors (Lipinski definition) is 5. The first-order valence-corrected chi connectivity index (χ1v) is 13.5. The summed E-state index contributed by atoms with van der Waals surface area (Å²) in [6, 6.07) is 15.4. The van der Waals surface area contributed by atoms with Gasteiger partial charge >= 0.3 is 5.97 Å². The normalized spacial score (nSPS) is 11.9. The predicted molar refractivity (Wildman–Crippen MR) is 146 cm³/mol. The number of carbonyl (C=O) groups is 1. The lowest BCUT2D eigenvalue weighted by Crippen LogP contribution is -2.15. The highest BCUT2D eigenvalue weighted by Gasteiger charge is 2.09. The van der Waals surface area contributed by atoms with E-state index < -0.39 is 12.1 Å². The van der Waals surface area contributed by atoms with Crippen molar-refractivity contribution in [2.75, 3.05) is 19.8 Å². The van der Waals surface area contributed by atoms with E-state index in [9.17, 15) is 9.18 Å². The summed E-state index contributed by atoms with van der Waals surface area (Å²) >= 11 is 0. The Morgan fingerprint density at radius 3 is 2.08 bits per heavy atom. The first-order chi connectivity index (χ1) is 18.1. The molecule has 0 N–H and O–H groups in total. The summed E-state index contributed by atoms with van der Waals surface area (Å²) in [5, 5.41) is 0. The average molecular weight is 507 g/mol. The van der Waals surface area contributed by atoms with E-state index in [4.69, 9.17) is 9.47 Å². The molecule has 0 amide bonds. The van der Waals surface area contributed by atoms with Crippen molar-refractivity contribution in [3.05, 3.63) is 72.1 Å². The Hall–Kier alpha value is -3.12. The van der Waals surface area contributed by atoms with Crippen LogP contribution in [0.2, 0.25) is 0 Å². The quantitative estimate of drug-likeness (QED) is 0.148. The fourth-order valence-electron chi connectivity index (χ4n) is 4.06. The molecule has 198 valence electrons. The molecule has 0 saturated heterocycles. The van der Waals surface area contributed by atoms with Gasteiger partial charge in [0.1, 0.15) is 12.8 Å². The summed E-state index contributed by atoms with van der Waals surface area (Å²) < 4.78 is 23.8. The number of rotatable bonds is 16. The molecule has 1 atom stereocenters. The van der Waals surface area contributed by atoms with Crippen LogP contribution in [0.15, 0.2) is 60.9 Å². The third kappa shape index (κ3) is 9.69. The summed E-state index contributed by atoms with van der Waals surface area (Å²) in [7, 11) is 0. The van der Waals surface area contributed by atoms with E-state index in [1.54, 1.807) is 12.1 Å². The van der Waals surface area contributed by atoms with Gasteiger partial charge in [0.15, 0.2) is 5.82 Å². The molecule has 6 heteroatoms. The minimum Gasteiger partial charge on any atom is -0.460 e. The van der Waals surface area contributed by atoms with Crippen LogP contribution in [0.1, 0.15) is 74.7 Å². The van der Waals surface area contributed by atoms with E-state index in [2.05, 4.69) is 16.9 Å². The van der Waals surface area contributed by atoms with Gasteiger partial charge in [-0.1, -0.05) is 82.3 Å². The highest BCUT2D eigenvalue weighted by molar-refractivity contribution is 5.90. The number of halogens is 1. The summed E-state index contributed by atoms with van der Waals surface area (Å²) in [6.07, 6.45) is 11.5. The maximum Gasteiger partial charge on any atom is 0.338 e. The van der Waals surface area contributed by atoms with Crippen LogP contribution in [0.3, 0.4) is 0 Å². The molecule has 1 aromatic heterocycles. The van der Waals surface area contributed by atoms with Crippen molar-refractivity contribution >= 4 is 5.97 Å². The molecule has 3 aromatic rings. The predicted octanol–water partition coefficient (Wildman–Crippen LogP) is 7.64. The SMILES string of the molecule is CCCCCCCc1cnc(-c2ccc(-c3ccc(C(=O)OCCOCC(F)CCC)cc3)cc2)nc1. The lowest BCUT2D eigenvalue weighted by Gasteiger charge is -2.09. The summed E-state index contributed by atoms with van der Waals surface area (Å²) in [4.78, 5) is 21.4. The van der Waals surface area contributed by atoms with Crippen LogP contribution >= 0.6 is 0 Å². The monoisotopic (exact) mass is 506 g/mol. The molecule has 0 aliphatic carbocycles. The van der Waals surface area contributed by atoms with Crippen LogP contribution < -0.4 is 0 Å². The second-order valence-electron chi connectivity index (χ2n) is 9.33. The van der Waals surface area contributed by atoms with Gasteiger partial charge in [-0.2, -0.15) is 0 Å². The van der Waals surface area contributed by atoms with Crippen LogP contribution in [-0.2, 0) is 15.9 Å². The van der Waals surface area contributed by atoms with Crippen LogP contribution in [-0.4, -0.2) is 41.9 Å². The largest absolute Gasteiger partial charge is 0.460 e. The Balaban J connectivity index is 1.46. The fourth-order valence-corrected chi connectivity index (χ4v) is 4.06. The van der Waals surface area contributed by atoms with E-state index >= 15 is 0 Å². The zero-order valence-electron chi connectivity index (χ0n) is 22.1. The average Bonchev–Trinajstić information content (AvgIpc) is 2.93. The Morgan fingerprint density at radius 1 is 0.811 bits per heavy atom. The molecule has 0 radical (unpaired) electrons. The number of hydrogen-bond donors (Lipinski definition) is 0. The van der Waals surface area contributed by atoms with Crippen molar-refractivity contribution in [1.82, 2.24) is 9.97 Å². The Kier molecular flexibility index (Phi) is 12.2. The van der Waals surface area contributed by atoms with Crippen molar-refractivity contribution in [3.8, 4) is 22.5 Å². The van der Waals surface area contributed by atoms with E-state index in [0.717, 1.165) is 35.4 Å². The van der Waals surface area contributed by atoms with Gasteiger partial charge in [-0.25, -0.2) is 19.2 Å². The first-order valence-electron chi connectivity index (χ1n) is 13.5. The lowest BCUT2D eigenvalue weighted by atomic mass is 10.0. The zero-order valence-corrected chi connectivity index (χ0v) is 22.1. The molecule has 0 fully saturated rings. The van der Waals surface area contributed by atoms with Gasteiger partial charge in [0.05, 0.1) is 18.8 Å². The molecule has 0 bridgehead atoms. The van der Waals surface area contributed by atoms with Gasteiger partial charge in [-0.15, -0.1) is 0 Å². The highest BCUT2D eigenvalue weighted by atomic mass is 19.1. The second-order valence-corrected chi connectivity index (χ2v) is 9.33. The summed E-state index contributed by atoms with van der Waals surface area (Å²) in [5.74, 6) is 0.299. The number of aryl methyl sites for hydroxylation is 1. The van der Waals surface area contributed by atoms with Gasteiger partial charge in [-0.05, 0) is 48.1 Å². The third-order valence-corrected chi connectivity index (χ3v) is 6.23. The van der Waals surface area contributed by atoms with E-state index in [-0.39, 0.29) is 19.8 Å². The molecule has 0 spiro atoms. The van der Waals surface area contributed by atoms with E-state index in [1.807, 2.05) is 55.7 Å². The number of nitrogens with zero attached hydrogens (tertiary/aromatic N) is 2. The third-order valence-electron chi connectivity index (χ3n) is 6.23. The Labute approximate surface area is 220 Å². The number of ether oxygens (including phenoxy) is 2. The maximum absolute atomic E-state index is 13.4. The van der Waals surface area contributed by atoms with Gasteiger partial charge in [0, 0.05) is 18.0 Å². The maximum atomic E-state index is 13.4.